The fourth-order valence-electron chi connectivity index (χ4n) is 2.48. The number of aryl methyl sites for hydroxylation is 1. The number of carboxylic acid groups (broad SMARTS) is 1. The Morgan fingerprint density at radius 1 is 1.44 bits per heavy atom. The van der Waals surface area contributed by atoms with Crippen LogP contribution >= 0.6 is 0 Å². The third-order valence-corrected chi connectivity index (χ3v) is 3.60. The van der Waals surface area contributed by atoms with E-state index in [1.807, 2.05) is 28.9 Å². The SMILES string of the molecule is CC(c1ccnn1C)N1CCN(CC(=O)O)CC1. The Bertz CT molecular complexity index is 410. The Hall–Kier alpha value is -1.40. The van der Waals surface area contributed by atoms with Crippen LogP contribution in [0, 0.1) is 0 Å². The average molecular weight is 252 g/mol. The molecule has 6 nitrogen and oxygen atoms in total. The second kappa shape index (κ2) is 5.49. The van der Waals surface area contributed by atoms with Crippen molar-refractivity contribution in [3.8, 4) is 0 Å². The van der Waals surface area contributed by atoms with Gasteiger partial charge in [0.05, 0.1) is 12.2 Å². The average Bonchev–Trinajstić information content (AvgIpc) is 2.75. The molecule has 1 atom stereocenters. The molecule has 0 bridgehead atoms. The van der Waals surface area contributed by atoms with Gasteiger partial charge in [0.15, 0.2) is 0 Å². The van der Waals surface area contributed by atoms with Crippen LogP contribution in [0.25, 0.3) is 0 Å². The number of hydrogen-bond acceptors (Lipinski definition) is 4. The minimum atomic E-state index is -0.747. The predicted molar refractivity (Wildman–Crippen MR) is 67.3 cm³/mol. The zero-order chi connectivity index (χ0) is 13.1. The van der Waals surface area contributed by atoms with Crippen LogP contribution in [0.2, 0.25) is 0 Å². The van der Waals surface area contributed by atoms with E-state index in [1.54, 1.807) is 0 Å². The van der Waals surface area contributed by atoms with Gasteiger partial charge in [-0.2, -0.15) is 5.10 Å². The van der Waals surface area contributed by atoms with Gasteiger partial charge in [0.25, 0.3) is 0 Å². The lowest BCUT2D eigenvalue weighted by atomic mass is 10.1. The summed E-state index contributed by atoms with van der Waals surface area (Å²) in [6.07, 6.45) is 1.81. The van der Waals surface area contributed by atoms with E-state index in [0.29, 0.717) is 6.04 Å². The molecule has 100 valence electrons. The van der Waals surface area contributed by atoms with Gasteiger partial charge in [0.2, 0.25) is 0 Å². The fraction of sp³-hybridized carbons (Fsp3) is 0.667. The molecule has 6 heteroatoms. The van der Waals surface area contributed by atoms with Crippen molar-refractivity contribution in [2.75, 3.05) is 32.7 Å². The van der Waals surface area contributed by atoms with Gasteiger partial charge in [-0.25, -0.2) is 0 Å². The normalized spacial score (nSPS) is 19.9. The quantitative estimate of drug-likeness (QED) is 0.828. The molecule has 1 aromatic heterocycles. The van der Waals surface area contributed by atoms with E-state index in [2.05, 4.69) is 16.9 Å². The summed E-state index contributed by atoms with van der Waals surface area (Å²) < 4.78 is 1.90. The number of nitrogens with zero attached hydrogens (tertiary/aromatic N) is 4. The lowest BCUT2D eigenvalue weighted by molar-refractivity contribution is -0.138. The molecule has 0 aliphatic carbocycles. The first-order chi connectivity index (χ1) is 8.58. The molecule has 1 aliphatic rings. The summed E-state index contributed by atoms with van der Waals surface area (Å²) in [5.74, 6) is -0.747. The Labute approximate surface area is 107 Å². The van der Waals surface area contributed by atoms with Crippen molar-refractivity contribution >= 4 is 5.97 Å². The highest BCUT2D eigenvalue weighted by Gasteiger charge is 2.24. The summed E-state index contributed by atoms with van der Waals surface area (Å²) in [7, 11) is 1.95. The fourth-order valence-corrected chi connectivity index (χ4v) is 2.48. The van der Waals surface area contributed by atoms with E-state index in [4.69, 9.17) is 5.11 Å². The van der Waals surface area contributed by atoms with E-state index in [9.17, 15) is 4.79 Å². The number of carboxylic acids is 1. The van der Waals surface area contributed by atoms with Crippen molar-refractivity contribution in [2.45, 2.75) is 13.0 Å². The van der Waals surface area contributed by atoms with Gasteiger partial charge in [0.1, 0.15) is 0 Å². The first kappa shape index (κ1) is 13.0. The summed E-state index contributed by atoms with van der Waals surface area (Å²) in [6, 6.07) is 2.36. The van der Waals surface area contributed by atoms with Crippen LogP contribution in [0.5, 0.6) is 0 Å². The Kier molecular flexibility index (Phi) is 3.98. The summed E-state index contributed by atoms with van der Waals surface area (Å²) in [4.78, 5) is 15.0. The molecule has 1 fully saturated rings. The van der Waals surface area contributed by atoms with Crippen LogP contribution in [0.4, 0.5) is 0 Å². The third kappa shape index (κ3) is 2.88. The molecule has 0 aromatic carbocycles. The van der Waals surface area contributed by atoms with Crippen LogP contribution in [0.1, 0.15) is 18.7 Å². The van der Waals surface area contributed by atoms with E-state index in [1.165, 1.54) is 5.69 Å². The molecular formula is C12H20N4O2. The van der Waals surface area contributed by atoms with Gasteiger partial charge in [0, 0.05) is 45.5 Å². The van der Waals surface area contributed by atoms with Gasteiger partial charge in [-0.15, -0.1) is 0 Å². The number of aromatic nitrogens is 2. The van der Waals surface area contributed by atoms with Crippen molar-refractivity contribution in [1.29, 1.82) is 0 Å². The molecule has 1 unspecified atom stereocenters. The molecule has 1 N–H and O–H groups in total. The highest BCUT2D eigenvalue weighted by atomic mass is 16.4. The molecule has 1 aliphatic heterocycles. The lowest BCUT2D eigenvalue weighted by Gasteiger charge is -2.37. The predicted octanol–water partition coefficient (Wildman–Crippen LogP) is 0.183. The van der Waals surface area contributed by atoms with Crippen LogP contribution in [0.3, 0.4) is 0 Å². The molecule has 2 heterocycles. The van der Waals surface area contributed by atoms with Crippen molar-refractivity contribution in [3.63, 3.8) is 0 Å². The maximum absolute atomic E-state index is 10.6. The Morgan fingerprint density at radius 3 is 2.61 bits per heavy atom. The highest BCUT2D eigenvalue weighted by molar-refractivity contribution is 5.69. The maximum Gasteiger partial charge on any atom is 0.317 e. The second-order valence-electron chi connectivity index (χ2n) is 4.76. The molecule has 0 saturated carbocycles. The van der Waals surface area contributed by atoms with Gasteiger partial charge in [-0.1, -0.05) is 0 Å². The maximum atomic E-state index is 10.6. The van der Waals surface area contributed by atoms with Crippen LogP contribution in [0.15, 0.2) is 12.3 Å². The van der Waals surface area contributed by atoms with Gasteiger partial charge in [-0.3, -0.25) is 19.3 Å². The number of carbonyl (C=O) groups is 1. The van der Waals surface area contributed by atoms with Crippen LogP contribution in [-0.2, 0) is 11.8 Å². The molecule has 2 rings (SSSR count). The van der Waals surface area contributed by atoms with E-state index >= 15 is 0 Å². The molecule has 0 spiro atoms. The van der Waals surface area contributed by atoms with E-state index < -0.39 is 5.97 Å². The second-order valence-corrected chi connectivity index (χ2v) is 4.76. The largest absolute Gasteiger partial charge is 0.480 e. The monoisotopic (exact) mass is 252 g/mol. The standard InChI is InChI=1S/C12H20N4O2/c1-10(11-3-4-13-14(11)2)16-7-5-15(6-8-16)9-12(17)18/h3-4,10H,5-9H2,1-2H3,(H,17,18). The lowest BCUT2D eigenvalue weighted by Crippen LogP contribution is -2.48. The molecule has 18 heavy (non-hydrogen) atoms. The van der Waals surface area contributed by atoms with Crippen molar-refractivity contribution in [2.24, 2.45) is 7.05 Å². The van der Waals surface area contributed by atoms with E-state index in [-0.39, 0.29) is 6.54 Å². The highest BCUT2D eigenvalue weighted by Crippen LogP contribution is 2.20. The van der Waals surface area contributed by atoms with Gasteiger partial charge in [-0.05, 0) is 13.0 Å². The van der Waals surface area contributed by atoms with Crippen LogP contribution < -0.4 is 0 Å². The molecular weight excluding hydrogens is 232 g/mol. The zero-order valence-corrected chi connectivity index (χ0v) is 10.9. The van der Waals surface area contributed by atoms with E-state index in [0.717, 1.165) is 26.2 Å². The number of hydrogen-bond donors (Lipinski definition) is 1. The summed E-state index contributed by atoms with van der Waals surface area (Å²) >= 11 is 0. The minimum absolute atomic E-state index is 0.147. The van der Waals surface area contributed by atoms with Crippen molar-refractivity contribution in [3.05, 3.63) is 18.0 Å². The van der Waals surface area contributed by atoms with Gasteiger partial charge >= 0.3 is 5.97 Å². The first-order valence-electron chi connectivity index (χ1n) is 6.24. The molecule has 1 saturated heterocycles. The van der Waals surface area contributed by atoms with Crippen molar-refractivity contribution in [1.82, 2.24) is 19.6 Å². The Balaban J connectivity index is 1.90. The topological polar surface area (TPSA) is 61.6 Å². The molecule has 0 amide bonds. The van der Waals surface area contributed by atoms with Gasteiger partial charge < -0.3 is 5.11 Å². The van der Waals surface area contributed by atoms with Crippen molar-refractivity contribution < 1.29 is 9.90 Å². The summed E-state index contributed by atoms with van der Waals surface area (Å²) in [6.45, 7) is 5.75. The molecule has 0 radical (unpaired) electrons. The number of rotatable bonds is 4. The number of aliphatic carboxylic acids is 1. The summed E-state index contributed by atoms with van der Waals surface area (Å²) in [5.41, 5.74) is 1.20. The Morgan fingerprint density at radius 2 is 2.11 bits per heavy atom. The summed E-state index contributed by atoms with van der Waals surface area (Å²) in [5, 5.41) is 12.9. The smallest absolute Gasteiger partial charge is 0.317 e. The molecule has 1 aromatic rings. The number of piperazine rings is 1. The zero-order valence-electron chi connectivity index (χ0n) is 10.9. The van der Waals surface area contributed by atoms with Crippen LogP contribution in [-0.4, -0.2) is 63.4 Å². The third-order valence-electron chi connectivity index (χ3n) is 3.60. The minimum Gasteiger partial charge on any atom is -0.480 e. The first-order valence-corrected chi connectivity index (χ1v) is 6.24.